The van der Waals surface area contributed by atoms with Gasteiger partial charge in [0, 0.05) is 22.9 Å². The molecule has 0 radical (unpaired) electrons. The van der Waals surface area contributed by atoms with Crippen molar-refractivity contribution in [3.8, 4) is 11.5 Å². The molecule has 0 unspecified atom stereocenters. The lowest BCUT2D eigenvalue weighted by molar-refractivity contribution is -0.385. The average Bonchev–Trinajstić information content (AvgIpc) is 2.48. The van der Waals surface area contributed by atoms with Gasteiger partial charge in [-0.3, -0.25) is 15.1 Å². The van der Waals surface area contributed by atoms with Gasteiger partial charge in [0.1, 0.15) is 5.75 Å². The topological polar surface area (TPSA) is 85.0 Å². The van der Waals surface area contributed by atoms with Crippen molar-refractivity contribution in [3.05, 3.63) is 57.1 Å². The summed E-state index contributed by atoms with van der Waals surface area (Å²) in [5.41, 5.74) is 0.321. The molecular weight excluding hydrogens is 296 g/mol. The summed E-state index contributed by atoms with van der Waals surface area (Å²) in [6.07, 6.45) is 1.32. The molecule has 0 saturated heterocycles. The zero-order valence-corrected chi connectivity index (χ0v) is 11.7. The molecule has 7 heteroatoms. The molecular formula is C14H11ClN2O4. The highest BCUT2D eigenvalue weighted by Gasteiger charge is 2.17. The smallest absolute Gasteiger partial charge is 0.312 e. The fourth-order valence-electron chi connectivity index (χ4n) is 1.66. The molecule has 0 aromatic heterocycles. The lowest BCUT2D eigenvalue weighted by Crippen LogP contribution is -1.92. The Kier molecular flexibility index (Phi) is 4.39. The minimum absolute atomic E-state index is 0.149. The number of nitrogens with zero attached hydrogens (tertiary/aromatic N) is 2. The average molecular weight is 307 g/mol. The van der Waals surface area contributed by atoms with Gasteiger partial charge in [-0.2, -0.15) is 0 Å². The highest BCUT2D eigenvalue weighted by atomic mass is 35.5. The monoisotopic (exact) mass is 306 g/mol. The number of hydrogen-bond donors (Lipinski definition) is 1. The Bertz CT molecular complexity index is 699. The van der Waals surface area contributed by atoms with Crippen LogP contribution in [-0.4, -0.2) is 23.4 Å². The molecule has 6 nitrogen and oxygen atoms in total. The molecule has 0 atom stereocenters. The first-order valence-electron chi connectivity index (χ1n) is 5.86. The Morgan fingerprint density at radius 3 is 2.57 bits per heavy atom. The van der Waals surface area contributed by atoms with E-state index >= 15 is 0 Å². The Morgan fingerprint density at radius 1 is 1.33 bits per heavy atom. The van der Waals surface area contributed by atoms with Crippen LogP contribution in [0.4, 0.5) is 11.4 Å². The number of ether oxygens (including phenoxy) is 1. The number of methoxy groups -OCH3 is 1. The maximum Gasteiger partial charge on any atom is 0.312 e. The van der Waals surface area contributed by atoms with Crippen molar-refractivity contribution >= 4 is 29.2 Å². The van der Waals surface area contributed by atoms with Gasteiger partial charge in [-0.1, -0.05) is 11.6 Å². The van der Waals surface area contributed by atoms with Crippen molar-refractivity contribution in [2.24, 2.45) is 4.99 Å². The number of nitro benzene ring substituents is 1. The number of phenolic OH excluding ortho intramolecular Hbond substituents is 1. The summed E-state index contributed by atoms with van der Waals surface area (Å²) in [4.78, 5) is 14.2. The molecule has 1 N–H and O–H groups in total. The number of aromatic hydroxyl groups is 1. The number of phenols is 1. The van der Waals surface area contributed by atoms with Crippen LogP contribution >= 0.6 is 11.6 Å². The zero-order valence-electron chi connectivity index (χ0n) is 11.0. The summed E-state index contributed by atoms with van der Waals surface area (Å²) in [5, 5.41) is 20.8. The van der Waals surface area contributed by atoms with Gasteiger partial charge in [0.15, 0.2) is 0 Å². The second kappa shape index (κ2) is 6.23. The minimum Gasteiger partial charge on any atom is -0.502 e. The number of rotatable bonds is 4. The molecule has 21 heavy (non-hydrogen) atoms. The number of benzene rings is 2. The van der Waals surface area contributed by atoms with E-state index in [1.165, 1.54) is 12.3 Å². The predicted octanol–water partition coefficient (Wildman–Crippen LogP) is 3.71. The van der Waals surface area contributed by atoms with Crippen LogP contribution < -0.4 is 4.74 Å². The van der Waals surface area contributed by atoms with E-state index in [-0.39, 0.29) is 10.6 Å². The van der Waals surface area contributed by atoms with Gasteiger partial charge in [-0.15, -0.1) is 0 Å². The van der Waals surface area contributed by atoms with Gasteiger partial charge < -0.3 is 9.84 Å². The van der Waals surface area contributed by atoms with E-state index in [0.717, 1.165) is 6.07 Å². The summed E-state index contributed by atoms with van der Waals surface area (Å²) in [6.45, 7) is 0. The maximum atomic E-state index is 10.8. The molecule has 0 heterocycles. The number of halogens is 1. The number of hydrogen-bond acceptors (Lipinski definition) is 5. The van der Waals surface area contributed by atoms with Gasteiger partial charge >= 0.3 is 5.69 Å². The first kappa shape index (κ1) is 14.8. The molecule has 0 bridgehead atoms. The van der Waals surface area contributed by atoms with Gasteiger partial charge in [0.2, 0.25) is 5.75 Å². The quantitative estimate of drug-likeness (QED) is 0.530. The molecule has 2 aromatic rings. The fraction of sp³-hybridized carbons (Fsp3) is 0.0714. The fourth-order valence-corrected chi connectivity index (χ4v) is 1.88. The second-order valence-corrected chi connectivity index (χ2v) is 4.51. The standard InChI is InChI=1S/C14H11ClN2O4/c1-21-12-4-2-11(3-5-12)16-8-9-6-10(15)7-13(14(9)18)17(19)20/h2-8,18H,1H3. The summed E-state index contributed by atoms with van der Waals surface area (Å²) in [7, 11) is 1.56. The van der Waals surface area contributed by atoms with Crippen LogP contribution in [0.5, 0.6) is 11.5 Å². The van der Waals surface area contributed by atoms with E-state index in [1.807, 2.05) is 0 Å². The molecule has 0 saturated carbocycles. The SMILES string of the molecule is COc1ccc(N=Cc2cc(Cl)cc([N+](=O)[O-])c2O)cc1. The van der Waals surface area contributed by atoms with Gasteiger partial charge in [0.05, 0.1) is 17.7 Å². The van der Waals surface area contributed by atoms with Gasteiger partial charge in [-0.25, -0.2) is 0 Å². The van der Waals surface area contributed by atoms with Crippen LogP contribution in [0.1, 0.15) is 5.56 Å². The Hall–Kier alpha value is -2.60. The van der Waals surface area contributed by atoms with Crippen LogP contribution in [0, 0.1) is 10.1 Å². The van der Waals surface area contributed by atoms with Crippen LogP contribution in [0.2, 0.25) is 5.02 Å². The minimum atomic E-state index is -0.702. The van der Waals surface area contributed by atoms with E-state index < -0.39 is 16.4 Å². The molecule has 0 aliphatic rings. The molecule has 2 aromatic carbocycles. The van der Waals surface area contributed by atoms with Crippen LogP contribution in [0.3, 0.4) is 0 Å². The lowest BCUT2D eigenvalue weighted by Gasteiger charge is -2.02. The molecule has 0 spiro atoms. The normalized spacial score (nSPS) is 10.8. The third kappa shape index (κ3) is 3.49. The van der Waals surface area contributed by atoms with E-state index in [4.69, 9.17) is 16.3 Å². The molecule has 0 aliphatic carbocycles. The Morgan fingerprint density at radius 2 is 2.00 bits per heavy atom. The highest BCUT2D eigenvalue weighted by Crippen LogP contribution is 2.32. The van der Waals surface area contributed by atoms with Gasteiger partial charge in [0.25, 0.3) is 0 Å². The van der Waals surface area contributed by atoms with Crippen molar-refractivity contribution in [2.45, 2.75) is 0 Å². The van der Waals surface area contributed by atoms with Crippen molar-refractivity contribution < 1.29 is 14.8 Å². The second-order valence-electron chi connectivity index (χ2n) is 4.08. The van der Waals surface area contributed by atoms with Crippen molar-refractivity contribution in [3.63, 3.8) is 0 Å². The molecule has 108 valence electrons. The Balaban J connectivity index is 2.33. The Labute approximate surface area is 125 Å². The number of nitro groups is 1. The summed E-state index contributed by atoms with van der Waals surface area (Å²) < 4.78 is 5.02. The highest BCUT2D eigenvalue weighted by molar-refractivity contribution is 6.31. The maximum absolute atomic E-state index is 10.8. The molecule has 0 fully saturated rings. The van der Waals surface area contributed by atoms with E-state index in [2.05, 4.69) is 4.99 Å². The lowest BCUT2D eigenvalue weighted by atomic mass is 10.2. The first-order valence-corrected chi connectivity index (χ1v) is 6.24. The van der Waals surface area contributed by atoms with Crippen LogP contribution in [-0.2, 0) is 0 Å². The van der Waals surface area contributed by atoms with Crippen LogP contribution in [0.15, 0.2) is 41.4 Å². The summed E-state index contributed by atoms with van der Waals surface area (Å²) in [5.74, 6) is 0.219. The first-order chi connectivity index (χ1) is 10.0. The van der Waals surface area contributed by atoms with E-state index in [9.17, 15) is 15.2 Å². The van der Waals surface area contributed by atoms with Crippen LogP contribution in [0.25, 0.3) is 0 Å². The molecule has 2 rings (SSSR count). The van der Waals surface area contributed by atoms with Crippen molar-refractivity contribution in [2.75, 3.05) is 7.11 Å². The molecule has 0 aliphatic heterocycles. The zero-order chi connectivity index (χ0) is 15.4. The largest absolute Gasteiger partial charge is 0.502 e. The third-order valence-electron chi connectivity index (χ3n) is 2.71. The van der Waals surface area contributed by atoms with Gasteiger partial charge in [-0.05, 0) is 30.3 Å². The molecule has 0 amide bonds. The van der Waals surface area contributed by atoms with E-state index in [1.54, 1.807) is 31.4 Å². The van der Waals surface area contributed by atoms with Crippen molar-refractivity contribution in [1.82, 2.24) is 0 Å². The van der Waals surface area contributed by atoms with E-state index in [0.29, 0.717) is 11.4 Å². The third-order valence-corrected chi connectivity index (χ3v) is 2.92. The summed E-state index contributed by atoms with van der Waals surface area (Å²) >= 11 is 5.79. The predicted molar refractivity (Wildman–Crippen MR) is 80.0 cm³/mol. The summed E-state index contributed by atoms with van der Waals surface area (Å²) in [6, 6.07) is 9.37. The van der Waals surface area contributed by atoms with Crippen molar-refractivity contribution in [1.29, 1.82) is 0 Å². The number of aliphatic imine (C=N–C) groups is 1.